The Bertz CT molecular complexity index is 1270. The van der Waals surface area contributed by atoms with Crippen LogP contribution in [0.25, 0.3) is 0 Å². The van der Waals surface area contributed by atoms with Crippen molar-refractivity contribution in [3.63, 3.8) is 0 Å². The van der Waals surface area contributed by atoms with E-state index in [0.717, 1.165) is 24.3 Å². The normalized spacial score (nSPS) is 13.7. The van der Waals surface area contributed by atoms with E-state index in [2.05, 4.69) is 5.32 Å². The number of ether oxygens (including phenoxy) is 1. The number of hydrogen-bond acceptors (Lipinski definition) is 5. The van der Waals surface area contributed by atoms with Gasteiger partial charge in [0, 0.05) is 5.69 Å². The van der Waals surface area contributed by atoms with Gasteiger partial charge >= 0.3 is 6.18 Å². The zero-order valence-electron chi connectivity index (χ0n) is 19.0. The van der Waals surface area contributed by atoms with Crippen LogP contribution in [0.3, 0.4) is 0 Å². The fourth-order valence-corrected chi connectivity index (χ4v) is 4.38. The largest absolute Gasteiger partial charge is 0.497 e. The van der Waals surface area contributed by atoms with E-state index in [1.54, 1.807) is 0 Å². The molecule has 0 fully saturated rings. The van der Waals surface area contributed by atoms with Crippen LogP contribution in [0, 0.1) is 0 Å². The van der Waals surface area contributed by atoms with E-state index in [9.17, 15) is 31.5 Å². The van der Waals surface area contributed by atoms with Crippen LogP contribution >= 0.6 is 0 Å². The molecule has 1 amide bonds. The summed E-state index contributed by atoms with van der Waals surface area (Å²) in [4.78, 5) is 12.5. The molecule has 0 aliphatic heterocycles. The first-order chi connectivity index (χ1) is 16.4. The van der Waals surface area contributed by atoms with Crippen molar-refractivity contribution in [1.82, 2.24) is 0 Å². The third kappa shape index (κ3) is 5.66. The fourth-order valence-electron chi connectivity index (χ4n) is 3.49. The van der Waals surface area contributed by atoms with Gasteiger partial charge in [-0.1, -0.05) is 43.3 Å². The monoisotopic (exact) mass is 507 g/mol. The zero-order chi connectivity index (χ0) is 25.9. The maximum Gasteiger partial charge on any atom is 0.425 e. The van der Waals surface area contributed by atoms with Gasteiger partial charge in [0.1, 0.15) is 5.75 Å². The molecule has 3 aromatic carbocycles. The summed E-state index contributed by atoms with van der Waals surface area (Å²) in [5, 5.41) is 13.3. The molecule has 3 aromatic rings. The molecule has 10 heteroatoms. The number of carbonyl (C=O) groups excluding carboxylic acids is 1. The number of amides is 1. The maximum atomic E-state index is 13.9. The highest BCUT2D eigenvalue weighted by atomic mass is 32.2. The van der Waals surface area contributed by atoms with Crippen molar-refractivity contribution in [1.29, 1.82) is 0 Å². The summed E-state index contributed by atoms with van der Waals surface area (Å²) in [6, 6.07) is 15.6. The number of aliphatic hydroxyl groups is 1. The van der Waals surface area contributed by atoms with Gasteiger partial charge in [-0.3, -0.25) is 4.79 Å². The average molecular weight is 508 g/mol. The Balaban J connectivity index is 1.76. The highest BCUT2D eigenvalue weighted by Crippen LogP contribution is 2.44. The lowest BCUT2D eigenvalue weighted by Crippen LogP contribution is -2.43. The van der Waals surface area contributed by atoms with Crippen LogP contribution in [0.15, 0.2) is 77.7 Å². The predicted octanol–water partition coefficient (Wildman–Crippen LogP) is 4.47. The van der Waals surface area contributed by atoms with Crippen LogP contribution in [-0.4, -0.2) is 38.5 Å². The molecule has 0 spiro atoms. The van der Waals surface area contributed by atoms with E-state index in [-0.39, 0.29) is 28.3 Å². The highest BCUT2D eigenvalue weighted by Gasteiger charge is 2.56. The predicted molar refractivity (Wildman–Crippen MR) is 125 cm³/mol. The summed E-state index contributed by atoms with van der Waals surface area (Å²) >= 11 is 0. The van der Waals surface area contributed by atoms with Crippen molar-refractivity contribution < 1.29 is 36.2 Å². The molecule has 1 atom stereocenters. The van der Waals surface area contributed by atoms with Gasteiger partial charge < -0.3 is 15.2 Å². The molecule has 0 saturated heterocycles. The van der Waals surface area contributed by atoms with E-state index in [4.69, 9.17) is 4.74 Å². The summed E-state index contributed by atoms with van der Waals surface area (Å²) in [5.41, 5.74) is -3.25. The summed E-state index contributed by atoms with van der Waals surface area (Å²) in [6.07, 6.45) is -5.07. The molecule has 0 saturated carbocycles. The lowest BCUT2D eigenvalue weighted by molar-refractivity contribution is -0.248. The number of alkyl halides is 3. The van der Waals surface area contributed by atoms with Gasteiger partial charge in [0.05, 0.1) is 24.2 Å². The Hall–Kier alpha value is -3.37. The Morgan fingerprint density at radius 1 is 0.914 bits per heavy atom. The summed E-state index contributed by atoms with van der Waals surface area (Å²) < 4.78 is 70.6. The highest BCUT2D eigenvalue weighted by molar-refractivity contribution is 7.91. The first-order valence-corrected chi connectivity index (χ1v) is 12.2. The third-order valence-corrected chi connectivity index (χ3v) is 7.28. The van der Waals surface area contributed by atoms with E-state index < -0.39 is 33.1 Å². The lowest BCUT2D eigenvalue weighted by atomic mass is 9.85. The molecule has 0 heterocycles. The minimum atomic E-state index is -5.01. The lowest BCUT2D eigenvalue weighted by Gasteiger charge is -2.31. The Morgan fingerprint density at radius 3 is 1.89 bits per heavy atom. The van der Waals surface area contributed by atoms with Crippen LogP contribution in [0.1, 0.15) is 23.6 Å². The molecule has 3 rings (SSSR count). The number of anilines is 1. The van der Waals surface area contributed by atoms with E-state index >= 15 is 0 Å². The SMILES string of the molecule is CCS(=O)(=O)c1ccc(CC(=O)Nc2ccc(C(O)(c3ccc(OC)cc3)C(F)(F)F)cc2)cc1. The van der Waals surface area contributed by atoms with Crippen LogP contribution in [0.5, 0.6) is 5.75 Å². The van der Waals surface area contributed by atoms with Crippen LogP contribution in [0.4, 0.5) is 18.9 Å². The van der Waals surface area contributed by atoms with Crippen molar-refractivity contribution in [2.24, 2.45) is 0 Å². The summed E-state index contributed by atoms with van der Waals surface area (Å²) in [7, 11) is -1.97. The minimum absolute atomic E-state index is 0.0369. The molecule has 1 unspecified atom stereocenters. The van der Waals surface area contributed by atoms with Crippen molar-refractivity contribution in [2.45, 2.75) is 30.0 Å². The van der Waals surface area contributed by atoms with E-state index in [0.29, 0.717) is 11.3 Å². The van der Waals surface area contributed by atoms with Crippen LogP contribution < -0.4 is 10.1 Å². The molecular formula is C25H24F3NO5S. The van der Waals surface area contributed by atoms with Gasteiger partial charge in [-0.2, -0.15) is 13.2 Å². The van der Waals surface area contributed by atoms with Crippen LogP contribution in [0.2, 0.25) is 0 Å². The number of sulfone groups is 1. The molecule has 186 valence electrons. The first-order valence-electron chi connectivity index (χ1n) is 10.6. The topological polar surface area (TPSA) is 92.7 Å². The number of carbonyl (C=O) groups is 1. The molecular weight excluding hydrogens is 483 g/mol. The second-order valence-electron chi connectivity index (χ2n) is 7.79. The van der Waals surface area contributed by atoms with Crippen LogP contribution in [-0.2, 0) is 26.7 Å². The number of benzene rings is 3. The Labute approximate surface area is 201 Å². The number of rotatable bonds is 8. The molecule has 0 aliphatic rings. The molecule has 2 N–H and O–H groups in total. The second kappa shape index (κ2) is 10.1. The van der Waals surface area contributed by atoms with Gasteiger partial charge in [-0.15, -0.1) is 0 Å². The second-order valence-corrected chi connectivity index (χ2v) is 10.1. The van der Waals surface area contributed by atoms with Crippen molar-refractivity contribution in [3.8, 4) is 5.75 Å². The third-order valence-electron chi connectivity index (χ3n) is 5.53. The number of methoxy groups -OCH3 is 1. The minimum Gasteiger partial charge on any atom is -0.497 e. The maximum absolute atomic E-state index is 13.9. The molecule has 35 heavy (non-hydrogen) atoms. The molecule has 0 bridgehead atoms. The summed E-state index contributed by atoms with van der Waals surface area (Å²) in [6.45, 7) is 1.54. The molecule has 0 radical (unpaired) electrons. The van der Waals surface area contributed by atoms with E-state index in [1.807, 2.05) is 0 Å². The Morgan fingerprint density at radius 2 is 1.43 bits per heavy atom. The van der Waals surface area contributed by atoms with Crippen molar-refractivity contribution in [3.05, 3.63) is 89.5 Å². The molecule has 0 aromatic heterocycles. The summed E-state index contributed by atoms with van der Waals surface area (Å²) in [5.74, 6) is -0.131. The quantitative estimate of drug-likeness (QED) is 0.470. The van der Waals surface area contributed by atoms with E-state index in [1.165, 1.54) is 62.6 Å². The molecule has 0 aliphatic carbocycles. The smallest absolute Gasteiger partial charge is 0.425 e. The zero-order valence-corrected chi connectivity index (χ0v) is 19.8. The fraction of sp³-hybridized carbons (Fsp3) is 0.240. The van der Waals surface area contributed by atoms with Gasteiger partial charge in [-0.05, 0) is 53.1 Å². The standard InChI is InChI=1S/C25H24F3NO5S/c1-3-35(32,33)22-14-4-17(5-15-22)16-23(30)29-20-10-6-18(7-11-20)24(31,25(26,27)28)19-8-12-21(34-2)13-9-19/h4-15,31H,3,16H2,1-2H3,(H,29,30). The van der Waals surface area contributed by atoms with Crippen molar-refractivity contribution >= 4 is 21.4 Å². The molecule has 6 nitrogen and oxygen atoms in total. The number of halogens is 3. The van der Waals surface area contributed by atoms with Gasteiger partial charge in [0.2, 0.25) is 11.5 Å². The van der Waals surface area contributed by atoms with Gasteiger partial charge in [-0.25, -0.2) is 8.42 Å². The van der Waals surface area contributed by atoms with Gasteiger partial charge in [0.25, 0.3) is 0 Å². The van der Waals surface area contributed by atoms with Crippen molar-refractivity contribution in [2.75, 3.05) is 18.2 Å². The first kappa shape index (κ1) is 26.2. The number of nitrogens with one attached hydrogen (secondary N) is 1. The van der Waals surface area contributed by atoms with Gasteiger partial charge in [0.15, 0.2) is 9.84 Å². The number of hydrogen-bond donors (Lipinski definition) is 2. The Kier molecular flexibility index (Phi) is 7.56. The average Bonchev–Trinajstić information content (AvgIpc) is 2.83.